The normalized spacial score (nSPS) is 38.1. The van der Waals surface area contributed by atoms with Crippen LogP contribution in [0.3, 0.4) is 0 Å². The molecule has 0 amide bonds. The average molecular weight is 258 g/mol. The van der Waals surface area contributed by atoms with E-state index in [-0.39, 0.29) is 5.60 Å². The van der Waals surface area contributed by atoms with Crippen molar-refractivity contribution in [2.24, 2.45) is 11.8 Å². The molecule has 0 saturated heterocycles. The summed E-state index contributed by atoms with van der Waals surface area (Å²) in [6.45, 7) is 2.27. The fourth-order valence-electron chi connectivity index (χ4n) is 4.10. The first kappa shape index (κ1) is 13.2. The van der Waals surface area contributed by atoms with Crippen LogP contribution >= 0.6 is 0 Å². The molecule has 2 saturated carbocycles. The largest absolute Gasteiger partial charge is 0.390 e. The molecule has 1 nitrogen and oxygen atoms in total. The van der Waals surface area contributed by atoms with Gasteiger partial charge < -0.3 is 5.11 Å². The molecule has 2 aliphatic carbocycles. The maximum absolute atomic E-state index is 10.9. The summed E-state index contributed by atoms with van der Waals surface area (Å²) in [6, 6.07) is 10.7. The van der Waals surface area contributed by atoms with Gasteiger partial charge >= 0.3 is 0 Å². The Labute approximate surface area is 117 Å². The number of rotatable bonds is 4. The molecule has 0 aromatic heterocycles. The molecular formula is C18H26O. The van der Waals surface area contributed by atoms with E-state index in [1.807, 2.05) is 0 Å². The fraction of sp³-hybridized carbons (Fsp3) is 0.667. The standard InChI is InChI=1S/C18H26O/c1-2-6-14-9-11-18(19,12-10-14)17-13-16(17)15-7-4-3-5-8-15/h3-5,7-8,14,16-17,19H,2,6,9-13H2,1H3. The lowest BCUT2D eigenvalue weighted by molar-refractivity contribution is -0.0314. The van der Waals surface area contributed by atoms with E-state index >= 15 is 0 Å². The summed E-state index contributed by atoms with van der Waals surface area (Å²) in [7, 11) is 0. The molecule has 1 heteroatoms. The fourth-order valence-corrected chi connectivity index (χ4v) is 4.10. The van der Waals surface area contributed by atoms with Crippen LogP contribution in [-0.4, -0.2) is 10.7 Å². The molecule has 2 unspecified atom stereocenters. The molecule has 0 spiro atoms. The summed E-state index contributed by atoms with van der Waals surface area (Å²) in [5, 5.41) is 10.9. The Morgan fingerprint density at radius 3 is 2.47 bits per heavy atom. The molecule has 2 fully saturated rings. The second kappa shape index (κ2) is 5.28. The van der Waals surface area contributed by atoms with Crippen LogP contribution in [0.1, 0.15) is 63.4 Å². The van der Waals surface area contributed by atoms with Gasteiger partial charge in [-0.15, -0.1) is 0 Å². The molecule has 2 atom stereocenters. The molecule has 0 heterocycles. The summed E-state index contributed by atoms with van der Waals surface area (Å²) in [5.41, 5.74) is 1.07. The van der Waals surface area contributed by atoms with Crippen LogP contribution in [0.4, 0.5) is 0 Å². The maximum atomic E-state index is 10.9. The highest BCUT2D eigenvalue weighted by Gasteiger charge is 2.52. The van der Waals surface area contributed by atoms with Crippen molar-refractivity contribution >= 4 is 0 Å². The highest BCUT2D eigenvalue weighted by molar-refractivity contribution is 5.27. The second-order valence-corrected chi connectivity index (χ2v) is 6.69. The Morgan fingerprint density at radius 1 is 1.16 bits per heavy atom. The lowest BCUT2D eigenvalue weighted by Gasteiger charge is -2.36. The highest BCUT2D eigenvalue weighted by atomic mass is 16.3. The molecule has 1 aromatic rings. The summed E-state index contributed by atoms with van der Waals surface area (Å²) >= 11 is 0. The van der Waals surface area contributed by atoms with Gasteiger partial charge in [0.05, 0.1) is 5.60 Å². The Hall–Kier alpha value is -0.820. The summed E-state index contributed by atoms with van der Waals surface area (Å²) in [5.74, 6) is 2.02. The van der Waals surface area contributed by atoms with Crippen LogP contribution < -0.4 is 0 Å². The van der Waals surface area contributed by atoms with Gasteiger partial charge in [0, 0.05) is 0 Å². The predicted molar refractivity (Wildman–Crippen MR) is 79.1 cm³/mol. The van der Waals surface area contributed by atoms with Crippen molar-refractivity contribution in [3.8, 4) is 0 Å². The minimum atomic E-state index is -0.356. The van der Waals surface area contributed by atoms with E-state index in [9.17, 15) is 5.11 Å². The van der Waals surface area contributed by atoms with Crippen molar-refractivity contribution < 1.29 is 5.11 Å². The number of hydrogen-bond acceptors (Lipinski definition) is 1. The minimum Gasteiger partial charge on any atom is -0.390 e. The number of aliphatic hydroxyl groups is 1. The maximum Gasteiger partial charge on any atom is 0.0682 e. The van der Waals surface area contributed by atoms with Gasteiger partial charge in [-0.3, -0.25) is 0 Å². The Kier molecular flexibility index (Phi) is 3.66. The molecule has 0 bridgehead atoms. The summed E-state index contributed by atoms with van der Waals surface area (Å²) < 4.78 is 0. The van der Waals surface area contributed by atoms with Gasteiger partial charge in [0.25, 0.3) is 0 Å². The molecule has 19 heavy (non-hydrogen) atoms. The van der Waals surface area contributed by atoms with E-state index in [1.165, 1.54) is 37.7 Å². The zero-order chi connectivity index (χ0) is 13.3. The van der Waals surface area contributed by atoms with Gasteiger partial charge in [0.15, 0.2) is 0 Å². The summed E-state index contributed by atoms with van der Waals surface area (Å²) in [4.78, 5) is 0. The second-order valence-electron chi connectivity index (χ2n) is 6.69. The smallest absolute Gasteiger partial charge is 0.0682 e. The minimum absolute atomic E-state index is 0.356. The molecule has 2 aliphatic rings. The molecule has 3 rings (SSSR count). The predicted octanol–water partition coefficient (Wildman–Crippen LogP) is 4.51. The number of benzene rings is 1. The van der Waals surface area contributed by atoms with Crippen molar-refractivity contribution in [1.29, 1.82) is 0 Å². The highest BCUT2D eigenvalue weighted by Crippen LogP contribution is 2.57. The van der Waals surface area contributed by atoms with E-state index in [1.54, 1.807) is 0 Å². The Bertz CT molecular complexity index is 403. The number of hydrogen-bond donors (Lipinski definition) is 1. The van der Waals surface area contributed by atoms with Crippen LogP contribution in [0.25, 0.3) is 0 Å². The molecule has 1 N–H and O–H groups in total. The third kappa shape index (κ3) is 2.72. The zero-order valence-corrected chi connectivity index (χ0v) is 12.0. The topological polar surface area (TPSA) is 20.2 Å². The van der Waals surface area contributed by atoms with Crippen molar-refractivity contribution in [3.63, 3.8) is 0 Å². The van der Waals surface area contributed by atoms with Crippen molar-refractivity contribution in [2.45, 2.75) is 63.4 Å². The lowest BCUT2D eigenvalue weighted by atomic mass is 9.74. The summed E-state index contributed by atoms with van der Waals surface area (Å²) in [6.07, 6.45) is 8.38. The third-order valence-electron chi connectivity index (χ3n) is 5.38. The van der Waals surface area contributed by atoms with Crippen molar-refractivity contribution in [2.75, 3.05) is 0 Å². The van der Waals surface area contributed by atoms with Crippen LogP contribution in [0.2, 0.25) is 0 Å². The lowest BCUT2D eigenvalue weighted by Crippen LogP contribution is -2.36. The first-order chi connectivity index (χ1) is 9.23. The SMILES string of the molecule is CCCC1CCC(O)(C2CC2c2ccccc2)CC1. The molecule has 104 valence electrons. The van der Waals surface area contributed by atoms with Crippen LogP contribution in [0.5, 0.6) is 0 Å². The monoisotopic (exact) mass is 258 g/mol. The zero-order valence-electron chi connectivity index (χ0n) is 12.0. The van der Waals surface area contributed by atoms with Gasteiger partial charge in [-0.1, -0.05) is 50.1 Å². The third-order valence-corrected chi connectivity index (χ3v) is 5.38. The van der Waals surface area contributed by atoms with Crippen LogP contribution in [0, 0.1) is 11.8 Å². The van der Waals surface area contributed by atoms with Crippen LogP contribution in [0.15, 0.2) is 30.3 Å². The Balaban J connectivity index is 1.59. The van der Waals surface area contributed by atoms with E-state index in [0.717, 1.165) is 18.8 Å². The quantitative estimate of drug-likeness (QED) is 0.842. The van der Waals surface area contributed by atoms with Gasteiger partial charge in [-0.2, -0.15) is 0 Å². The van der Waals surface area contributed by atoms with Gasteiger partial charge in [-0.05, 0) is 55.4 Å². The van der Waals surface area contributed by atoms with Crippen LogP contribution in [-0.2, 0) is 0 Å². The average Bonchev–Trinajstić information content (AvgIpc) is 3.24. The van der Waals surface area contributed by atoms with Gasteiger partial charge in [0.2, 0.25) is 0 Å². The van der Waals surface area contributed by atoms with E-state index in [4.69, 9.17) is 0 Å². The molecular weight excluding hydrogens is 232 g/mol. The van der Waals surface area contributed by atoms with Crippen molar-refractivity contribution in [1.82, 2.24) is 0 Å². The molecule has 0 aliphatic heterocycles. The van der Waals surface area contributed by atoms with E-state index < -0.39 is 0 Å². The molecule has 1 aromatic carbocycles. The van der Waals surface area contributed by atoms with Gasteiger partial charge in [0.1, 0.15) is 0 Å². The molecule has 0 radical (unpaired) electrons. The first-order valence-electron chi connectivity index (χ1n) is 8.00. The Morgan fingerprint density at radius 2 is 1.84 bits per heavy atom. The van der Waals surface area contributed by atoms with E-state index in [2.05, 4.69) is 37.3 Å². The van der Waals surface area contributed by atoms with Gasteiger partial charge in [-0.25, -0.2) is 0 Å². The van der Waals surface area contributed by atoms with E-state index in [0.29, 0.717) is 11.8 Å². The first-order valence-corrected chi connectivity index (χ1v) is 8.00. The van der Waals surface area contributed by atoms with Crippen molar-refractivity contribution in [3.05, 3.63) is 35.9 Å².